The van der Waals surface area contributed by atoms with Gasteiger partial charge in [-0.05, 0) is 12.1 Å². The van der Waals surface area contributed by atoms with Crippen LogP contribution in [0.1, 0.15) is 6.92 Å². The topological polar surface area (TPSA) is 95.4 Å². The van der Waals surface area contributed by atoms with Crippen LogP contribution in [0.5, 0.6) is 0 Å². The summed E-state index contributed by atoms with van der Waals surface area (Å²) in [4.78, 5) is 10.4. The fraction of sp³-hybridized carbons (Fsp3) is 0.125. The first-order valence-electron chi connectivity index (χ1n) is 3.52. The van der Waals surface area contributed by atoms with Crippen molar-refractivity contribution < 1.29 is 17.4 Å². The molecule has 1 rings (SSSR count). The van der Waals surface area contributed by atoms with Gasteiger partial charge in [0.15, 0.2) is 0 Å². The van der Waals surface area contributed by atoms with Crippen LogP contribution in [-0.2, 0) is 19.1 Å². The van der Waals surface area contributed by atoms with E-state index in [1.54, 1.807) is 18.2 Å². The Morgan fingerprint density at radius 3 is 2.14 bits per heavy atom. The molecule has 0 aliphatic rings. The van der Waals surface area contributed by atoms with E-state index in [0.717, 1.165) is 6.92 Å². The lowest BCUT2D eigenvalue weighted by Crippen LogP contribution is -2.09. The zero-order valence-electron chi connectivity index (χ0n) is 7.64. The van der Waals surface area contributed by atoms with Crippen LogP contribution in [0.15, 0.2) is 35.2 Å². The SMILES string of the molecule is CC(=O)OS(=O)(=O)c1ccccc1.N. The molecule has 14 heavy (non-hydrogen) atoms. The number of rotatable bonds is 2. The van der Waals surface area contributed by atoms with Gasteiger partial charge < -0.3 is 10.3 Å². The van der Waals surface area contributed by atoms with Gasteiger partial charge in [-0.3, -0.25) is 4.79 Å². The maximum absolute atomic E-state index is 11.2. The van der Waals surface area contributed by atoms with Gasteiger partial charge in [-0.1, -0.05) is 18.2 Å². The molecule has 0 bridgehead atoms. The molecule has 0 saturated carbocycles. The third kappa shape index (κ3) is 3.15. The number of hydrogen-bond donors (Lipinski definition) is 1. The molecule has 0 heterocycles. The highest BCUT2D eigenvalue weighted by atomic mass is 32.2. The Labute approximate surface area is 82.4 Å². The molecule has 0 fully saturated rings. The smallest absolute Gasteiger partial charge is 0.341 e. The predicted octanol–water partition coefficient (Wildman–Crippen LogP) is 1.10. The van der Waals surface area contributed by atoms with Gasteiger partial charge in [0.2, 0.25) is 0 Å². The van der Waals surface area contributed by atoms with E-state index in [-0.39, 0.29) is 11.0 Å². The van der Waals surface area contributed by atoms with Crippen LogP contribution >= 0.6 is 0 Å². The van der Waals surface area contributed by atoms with Crippen molar-refractivity contribution in [3.63, 3.8) is 0 Å². The highest BCUT2D eigenvalue weighted by Crippen LogP contribution is 2.10. The van der Waals surface area contributed by atoms with E-state index in [1.165, 1.54) is 12.1 Å². The summed E-state index contributed by atoms with van der Waals surface area (Å²) >= 11 is 0. The van der Waals surface area contributed by atoms with Crippen LogP contribution in [0.3, 0.4) is 0 Å². The Kier molecular flexibility index (Phi) is 4.26. The number of carbonyl (C=O) groups excluding carboxylic acids is 1. The zero-order valence-corrected chi connectivity index (χ0v) is 8.45. The first kappa shape index (κ1) is 12.6. The predicted molar refractivity (Wildman–Crippen MR) is 50.4 cm³/mol. The molecule has 1 aromatic rings. The zero-order chi connectivity index (χ0) is 9.90. The van der Waals surface area contributed by atoms with E-state index in [4.69, 9.17) is 0 Å². The summed E-state index contributed by atoms with van der Waals surface area (Å²) in [7, 11) is -3.91. The van der Waals surface area contributed by atoms with Crippen molar-refractivity contribution in [2.24, 2.45) is 0 Å². The lowest BCUT2D eigenvalue weighted by molar-refractivity contribution is -0.131. The summed E-state index contributed by atoms with van der Waals surface area (Å²) in [6, 6.07) is 7.50. The lowest BCUT2D eigenvalue weighted by Gasteiger charge is -2.01. The molecule has 0 aliphatic carbocycles. The van der Waals surface area contributed by atoms with Gasteiger partial charge in [0.05, 0.1) is 0 Å². The minimum atomic E-state index is -3.91. The highest BCUT2D eigenvalue weighted by molar-refractivity contribution is 7.87. The Morgan fingerprint density at radius 1 is 1.21 bits per heavy atom. The van der Waals surface area contributed by atoms with Crippen molar-refractivity contribution >= 4 is 16.1 Å². The molecular weight excluding hydrogens is 206 g/mol. The molecule has 0 amide bonds. The second-order valence-electron chi connectivity index (χ2n) is 2.34. The van der Waals surface area contributed by atoms with E-state index in [1.807, 2.05) is 0 Å². The summed E-state index contributed by atoms with van der Waals surface area (Å²) in [6.45, 7) is 1.04. The first-order chi connectivity index (χ1) is 6.02. The maximum Gasteiger partial charge on any atom is 0.341 e. The van der Waals surface area contributed by atoms with Crippen LogP contribution in [0.4, 0.5) is 0 Å². The summed E-state index contributed by atoms with van der Waals surface area (Å²) in [6.07, 6.45) is 0. The third-order valence-electron chi connectivity index (χ3n) is 1.26. The van der Waals surface area contributed by atoms with E-state index in [2.05, 4.69) is 4.18 Å². The van der Waals surface area contributed by atoms with Gasteiger partial charge in [0.1, 0.15) is 4.90 Å². The van der Waals surface area contributed by atoms with E-state index in [0.29, 0.717) is 0 Å². The molecule has 5 nitrogen and oxygen atoms in total. The fourth-order valence-corrected chi connectivity index (χ4v) is 1.69. The molecule has 3 N–H and O–H groups in total. The fourth-order valence-electron chi connectivity index (χ4n) is 0.790. The minimum Gasteiger partial charge on any atom is -0.344 e. The standard InChI is InChI=1S/C8H8O4S.H3N/c1-7(9)12-13(10,11)8-5-3-2-4-6-8;/h2-6H,1H3;1H3. The van der Waals surface area contributed by atoms with Crippen molar-refractivity contribution in [3.8, 4) is 0 Å². The monoisotopic (exact) mass is 217 g/mol. The molecule has 0 aromatic heterocycles. The molecule has 78 valence electrons. The summed E-state index contributed by atoms with van der Waals surface area (Å²) in [5.74, 6) is -0.844. The van der Waals surface area contributed by atoms with E-state index < -0.39 is 16.1 Å². The van der Waals surface area contributed by atoms with Crippen LogP contribution in [0.2, 0.25) is 0 Å². The van der Waals surface area contributed by atoms with Gasteiger partial charge in [0.25, 0.3) is 0 Å². The van der Waals surface area contributed by atoms with Crippen LogP contribution in [-0.4, -0.2) is 14.4 Å². The van der Waals surface area contributed by atoms with Gasteiger partial charge >= 0.3 is 16.1 Å². The number of carbonyl (C=O) groups is 1. The van der Waals surface area contributed by atoms with Crippen LogP contribution < -0.4 is 6.15 Å². The third-order valence-corrected chi connectivity index (χ3v) is 2.56. The second-order valence-corrected chi connectivity index (χ2v) is 3.89. The Hall–Kier alpha value is -1.40. The van der Waals surface area contributed by atoms with Crippen LogP contribution in [0.25, 0.3) is 0 Å². The van der Waals surface area contributed by atoms with Gasteiger partial charge in [-0.25, -0.2) is 0 Å². The molecule has 0 saturated heterocycles. The summed E-state index contributed by atoms with van der Waals surface area (Å²) in [5, 5.41) is 0. The minimum absolute atomic E-state index is 0. The van der Waals surface area contributed by atoms with Crippen molar-refractivity contribution in [2.75, 3.05) is 0 Å². The number of hydrogen-bond acceptors (Lipinski definition) is 5. The van der Waals surface area contributed by atoms with E-state index in [9.17, 15) is 13.2 Å². The molecule has 0 unspecified atom stereocenters. The van der Waals surface area contributed by atoms with Gasteiger partial charge in [-0.15, -0.1) is 0 Å². The van der Waals surface area contributed by atoms with Crippen molar-refractivity contribution in [1.29, 1.82) is 0 Å². The van der Waals surface area contributed by atoms with Crippen molar-refractivity contribution in [1.82, 2.24) is 6.15 Å². The normalized spacial score (nSPS) is 10.1. The van der Waals surface area contributed by atoms with Crippen molar-refractivity contribution in [3.05, 3.63) is 30.3 Å². The molecule has 6 heteroatoms. The molecule has 0 aliphatic heterocycles. The average Bonchev–Trinajstić information content (AvgIpc) is 2.04. The van der Waals surface area contributed by atoms with Crippen molar-refractivity contribution in [2.45, 2.75) is 11.8 Å². The molecule has 0 radical (unpaired) electrons. The molecule has 0 spiro atoms. The highest BCUT2D eigenvalue weighted by Gasteiger charge is 2.16. The summed E-state index contributed by atoms with van der Waals surface area (Å²) < 4.78 is 26.6. The Balaban J connectivity index is 0.00000169. The van der Waals surface area contributed by atoms with E-state index >= 15 is 0 Å². The summed E-state index contributed by atoms with van der Waals surface area (Å²) in [5.41, 5.74) is 0. The van der Waals surface area contributed by atoms with Gasteiger partial charge in [-0.2, -0.15) is 8.42 Å². The lowest BCUT2D eigenvalue weighted by atomic mass is 10.4. The largest absolute Gasteiger partial charge is 0.344 e. The Morgan fingerprint density at radius 2 is 1.71 bits per heavy atom. The van der Waals surface area contributed by atoms with Gasteiger partial charge in [0, 0.05) is 6.92 Å². The Bertz CT molecular complexity index is 399. The van der Waals surface area contributed by atoms with Crippen LogP contribution in [0, 0.1) is 0 Å². The first-order valence-corrected chi connectivity index (χ1v) is 4.93. The molecule has 1 aromatic carbocycles. The average molecular weight is 217 g/mol. The second kappa shape index (κ2) is 4.73. The number of benzene rings is 1. The maximum atomic E-state index is 11.2. The molecular formula is C8H11NO4S. The molecule has 0 atom stereocenters. The quantitative estimate of drug-likeness (QED) is 0.748.